The summed E-state index contributed by atoms with van der Waals surface area (Å²) >= 11 is 0. The Morgan fingerprint density at radius 2 is 1.87 bits per heavy atom. The third kappa shape index (κ3) is 6.32. The van der Waals surface area contributed by atoms with Gasteiger partial charge >= 0.3 is 0 Å². The van der Waals surface area contributed by atoms with Crippen molar-refractivity contribution in [2.45, 2.75) is 76.0 Å². The first-order valence-electron chi connectivity index (χ1n) is 17.4. The Morgan fingerprint density at radius 3 is 2.60 bits per heavy atom. The van der Waals surface area contributed by atoms with Gasteiger partial charge in [0.05, 0.1) is 40.4 Å². The quantitative estimate of drug-likeness (QED) is 0.0899. The van der Waals surface area contributed by atoms with E-state index >= 15 is 4.11 Å². The summed E-state index contributed by atoms with van der Waals surface area (Å²) in [6, 6.07) is 21.2. The average molecular weight is 726 g/mol. The smallest absolute Gasteiger partial charge is 0.269 e. The molecule has 1 saturated heterocycles. The molecule has 52 heavy (non-hydrogen) atoms. The molecule has 4 aromatic rings. The molecule has 270 valence electrons. The molecule has 1 fully saturated rings. The fraction of sp³-hybridized carbons (Fsp3) is 0.378. The molecule has 15 heteroatoms. The summed E-state index contributed by atoms with van der Waals surface area (Å²) in [5.74, 6) is -1.22. The largest absolute Gasteiger partial charge is 0.396 e. The van der Waals surface area contributed by atoms with Gasteiger partial charge < -0.3 is 18.9 Å². The number of hydrazone groups is 1. The van der Waals surface area contributed by atoms with E-state index in [-0.39, 0.29) is 24.7 Å². The third-order valence-electron chi connectivity index (χ3n) is 10.4. The van der Waals surface area contributed by atoms with E-state index in [4.69, 9.17) is 9.84 Å². The highest BCUT2D eigenvalue weighted by molar-refractivity contribution is 6.72. The van der Waals surface area contributed by atoms with E-state index in [9.17, 15) is 24.8 Å². The molecule has 0 bridgehead atoms. The predicted octanol–water partition coefficient (Wildman–Crippen LogP) is 5.66. The number of nitro benzene ring substituents is 1. The molecule has 13 nitrogen and oxygen atoms in total. The van der Waals surface area contributed by atoms with Crippen molar-refractivity contribution in [1.82, 2.24) is 15.0 Å². The van der Waals surface area contributed by atoms with Crippen LogP contribution in [-0.2, 0) is 39.4 Å². The summed E-state index contributed by atoms with van der Waals surface area (Å²) in [4.78, 5) is 41.0. The van der Waals surface area contributed by atoms with Crippen molar-refractivity contribution in [3.8, 4) is 0 Å². The highest BCUT2D eigenvalue weighted by Gasteiger charge is 2.67. The van der Waals surface area contributed by atoms with Crippen molar-refractivity contribution in [3.05, 3.63) is 111 Å². The number of benzene rings is 3. The van der Waals surface area contributed by atoms with Crippen molar-refractivity contribution in [3.63, 3.8) is 0 Å². The summed E-state index contributed by atoms with van der Waals surface area (Å²) in [5.41, 5.74) is 1.92. The zero-order valence-corrected chi connectivity index (χ0v) is 30.2. The van der Waals surface area contributed by atoms with Gasteiger partial charge in [0.15, 0.2) is 5.60 Å². The van der Waals surface area contributed by atoms with Crippen LogP contribution in [0.2, 0.25) is 18.6 Å². The maximum Gasteiger partial charge on any atom is 0.269 e. The number of hydrogen-bond acceptors (Lipinski definition) is 9. The molecule has 0 saturated carbocycles. The molecule has 3 aliphatic rings. The highest BCUT2D eigenvalue weighted by Crippen LogP contribution is 2.60. The number of nitrogens with zero attached hydrogens (tertiary/aromatic N) is 7. The second-order valence-corrected chi connectivity index (χ2v) is 17.9. The van der Waals surface area contributed by atoms with Gasteiger partial charge in [-0.15, -0.1) is 5.10 Å². The highest BCUT2D eigenvalue weighted by atomic mass is 28.4. The van der Waals surface area contributed by atoms with E-state index in [1.165, 1.54) is 17.1 Å². The van der Waals surface area contributed by atoms with Crippen LogP contribution in [0.4, 0.5) is 21.2 Å². The van der Waals surface area contributed by atoms with Crippen molar-refractivity contribution in [2.24, 2.45) is 11.0 Å². The fourth-order valence-electron chi connectivity index (χ4n) is 8.07. The lowest BCUT2D eigenvalue weighted by Crippen LogP contribution is -2.45. The van der Waals surface area contributed by atoms with Crippen LogP contribution in [0.5, 0.6) is 0 Å². The molecule has 1 N–H and O–H groups in total. The van der Waals surface area contributed by atoms with Gasteiger partial charge in [-0.1, -0.05) is 54.6 Å². The molecule has 4 atom stereocenters. The molecular weight excluding hydrogens is 686 g/mol. The third-order valence-corrected chi connectivity index (χ3v) is 12.8. The first kappa shape index (κ1) is 35.3. The standard InChI is InChI=1S/C37H40FN7O6Si/c1-24-35(52(2,3)38)33(16-18-42-23-27(17-19-46)39-41-42)51-37(24)30-21-29(45(49)50)12-14-32(30)43(36(37)48)22-25-8-7-11-28(20-25)44-34(47)15-13-31(40-44)26-9-5-4-6-10-26/h4-12,14,20-21,23-24,33,35,46H,13,15-19,22H2,1-3H3/t24-,33+,35-,37+/m1/s1. The van der Waals surface area contributed by atoms with Crippen LogP contribution < -0.4 is 9.91 Å². The predicted molar refractivity (Wildman–Crippen MR) is 194 cm³/mol. The van der Waals surface area contributed by atoms with Gasteiger partial charge in [-0.25, -0.2) is 5.01 Å². The van der Waals surface area contributed by atoms with Crippen molar-refractivity contribution < 1.29 is 28.5 Å². The molecule has 4 heterocycles. The lowest BCUT2D eigenvalue weighted by atomic mass is 9.82. The van der Waals surface area contributed by atoms with Crippen molar-refractivity contribution in [1.29, 1.82) is 0 Å². The number of non-ortho nitro benzene ring substituents is 1. The van der Waals surface area contributed by atoms with E-state index in [0.717, 1.165) is 11.3 Å². The van der Waals surface area contributed by atoms with Gasteiger partial charge in [0.25, 0.3) is 11.6 Å². The Kier molecular flexibility index (Phi) is 9.35. The Hall–Kier alpha value is -5.12. The molecule has 1 spiro atoms. The number of carbonyl (C=O) groups excluding carboxylic acids is 2. The number of carbonyl (C=O) groups is 2. The van der Waals surface area contributed by atoms with Crippen LogP contribution in [0, 0.1) is 16.0 Å². The number of rotatable bonds is 11. The molecule has 0 radical (unpaired) electrons. The first-order chi connectivity index (χ1) is 24.9. The topological polar surface area (TPSA) is 156 Å². The lowest BCUT2D eigenvalue weighted by molar-refractivity contribution is -0.385. The number of aryl methyl sites for hydroxylation is 1. The number of fused-ring (bicyclic) bond motifs is 2. The number of nitro groups is 1. The summed E-state index contributed by atoms with van der Waals surface area (Å²) < 4.78 is 24.7. The SMILES string of the molecule is C[C@@H]1[C@@H]([Si](C)(C)F)[C@H](CCn2cc(CCO)nn2)O[C@@]12C(=O)N(Cc1cccc(N3N=C(c4ccccc4)CCC3=O)c1)c1ccc([N+](=O)[O-])cc12. The Morgan fingerprint density at radius 1 is 1.08 bits per heavy atom. The van der Waals surface area contributed by atoms with E-state index in [1.807, 2.05) is 49.4 Å². The minimum atomic E-state index is -3.49. The van der Waals surface area contributed by atoms with Crippen LogP contribution in [0.25, 0.3) is 0 Å². The zero-order valence-electron chi connectivity index (χ0n) is 29.2. The zero-order chi connectivity index (χ0) is 36.8. The van der Waals surface area contributed by atoms with Crippen LogP contribution in [-0.4, -0.2) is 63.7 Å². The Balaban J connectivity index is 1.22. The number of aliphatic hydroxyl groups excluding tert-OH is 1. The summed E-state index contributed by atoms with van der Waals surface area (Å²) in [7, 11) is -3.49. The maximum atomic E-state index is 16.3. The van der Waals surface area contributed by atoms with Gasteiger partial charge in [0, 0.05) is 67.8 Å². The number of aliphatic hydroxyl groups is 1. The van der Waals surface area contributed by atoms with Gasteiger partial charge in [0.1, 0.15) is 0 Å². The monoisotopic (exact) mass is 725 g/mol. The molecule has 3 aliphatic heterocycles. The van der Waals surface area contributed by atoms with E-state index < -0.39 is 42.4 Å². The van der Waals surface area contributed by atoms with Gasteiger partial charge in [-0.2, -0.15) is 5.10 Å². The number of aromatic nitrogens is 3. The minimum absolute atomic E-state index is 0.0673. The average Bonchev–Trinajstić information content (AvgIpc) is 3.77. The minimum Gasteiger partial charge on any atom is -0.396 e. The normalized spacial score (nSPS) is 23.0. The molecule has 3 aromatic carbocycles. The second-order valence-electron chi connectivity index (χ2n) is 14.1. The Labute approximate surface area is 301 Å². The molecule has 0 unspecified atom stereocenters. The molecule has 2 amide bonds. The number of amides is 2. The number of hydrogen-bond donors (Lipinski definition) is 1. The maximum absolute atomic E-state index is 16.3. The van der Waals surface area contributed by atoms with Crippen LogP contribution in [0.15, 0.2) is 84.1 Å². The number of halogens is 1. The number of anilines is 2. The van der Waals surface area contributed by atoms with E-state index in [1.54, 1.807) is 47.1 Å². The molecular formula is C37H40FN7O6Si. The summed E-state index contributed by atoms with van der Waals surface area (Å²) in [5, 5.41) is 35.6. The Bertz CT molecular complexity index is 2050. The van der Waals surface area contributed by atoms with Crippen LogP contribution >= 0.6 is 0 Å². The molecule has 7 rings (SSSR count). The summed E-state index contributed by atoms with van der Waals surface area (Å²) in [6.07, 6.45) is 2.53. The molecule has 0 aliphatic carbocycles. The summed E-state index contributed by atoms with van der Waals surface area (Å²) in [6.45, 7) is 5.35. The van der Waals surface area contributed by atoms with Crippen LogP contribution in [0.1, 0.15) is 48.6 Å². The fourth-order valence-corrected chi connectivity index (χ4v) is 10.6. The van der Waals surface area contributed by atoms with Gasteiger partial charge in [0.2, 0.25) is 14.3 Å². The van der Waals surface area contributed by atoms with Gasteiger partial charge in [-0.3, -0.25) is 24.4 Å². The van der Waals surface area contributed by atoms with E-state index in [2.05, 4.69) is 10.3 Å². The molecule has 1 aromatic heterocycles. The van der Waals surface area contributed by atoms with E-state index in [0.29, 0.717) is 60.4 Å². The first-order valence-corrected chi connectivity index (χ1v) is 20.4. The number of ether oxygens (including phenoxy) is 1. The second kappa shape index (κ2) is 13.8. The van der Waals surface area contributed by atoms with Gasteiger partial charge in [-0.05, 0) is 48.8 Å². The lowest BCUT2D eigenvalue weighted by Gasteiger charge is -2.31. The van der Waals surface area contributed by atoms with Crippen molar-refractivity contribution >= 4 is 43.0 Å². The van der Waals surface area contributed by atoms with Crippen molar-refractivity contribution in [2.75, 3.05) is 16.5 Å². The van der Waals surface area contributed by atoms with Crippen LogP contribution in [0.3, 0.4) is 0 Å².